The number of nitrogens with one attached hydrogen (secondary N) is 2. The third-order valence-corrected chi connectivity index (χ3v) is 4.37. The molecule has 1 aromatic heterocycles. The van der Waals surface area contributed by atoms with Gasteiger partial charge in [-0.25, -0.2) is 4.98 Å². The van der Waals surface area contributed by atoms with Crippen LogP contribution in [0.1, 0.15) is 22.4 Å². The Morgan fingerprint density at radius 2 is 1.70 bits per heavy atom. The maximum absolute atomic E-state index is 5.19. The Morgan fingerprint density at radius 1 is 0.926 bits per heavy atom. The van der Waals surface area contributed by atoms with Gasteiger partial charge >= 0.3 is 0 Å². The molecule has 27 heavy (non-hydrogen) atoms. The molecule has 2 N–H and O–H groups in total. The Balaban J connectivity index is 1.65. The summed E-state index contributed by atoms with van der Waals surface area (Å²) in [6.07, 6.45) is 0.890. The molecule has 0 unspecified atom stereocenters. The molecule has 0 spiro atoms. The molecule has 0 fully saturated rings. The largest absolute Gasteiger partial charge is 0.497 e. The van der Waals surface area contributed by atoms with E-state index in [4.69, 9.17) is 4.74 Å². The van der Waals surface area contributed by atoms with Gasteiger partial charge in [-0.05, 0) is 62.1 Å². The number of hydrogen-bond donors (Lipinski definition) is 2. The van der Waals surface area contributed by atoms with E-state index in [9.17, 15) is 0 Å². The molecule has 140 valence electrons. The van der Waals surface area contributed by atoms with E-state index >= 15 is 0 Å². The number of aryl methyl sites for hydroxylation is 3. The summed E-state index contributed by atoms with van der Waals surface area (Å²) >= 11 is 0. The summed E-state index contributed by atoms with van der Waals surface area (Å²) in [5.74, 6) is 2.30. The Labute approximate surface area is 160 Å². The summed E-state index contributed by atoms with van der Waals surface area (Å²) in [7, 11) is 1.68. The third kappa shape index (κ3) is 5.20. The van der Waals surface area contributed by atoms with Crippen molar-refractivity contribution in [2.45, 2.75) is 27.2 Å². The van der Waals surface area contributed by atoms with Crippen molar-refractivity contribution in [2.75, 3.05) is 24.3 Å². The molecular formula is C22H26N4O. The molecule has 0 saturated carbocycles. The minimum atomic E-state index is 0.635. The summed E-state index contributed by atoms with van der Waals surface area (Å²) in [6.45, 7) is 6.91. The average Bonchev–Trinajstić information content (AvgIpc) is 2.65. The number of hydrogen-bond acceptors (Lipinski definition) is 5. The fourth-order valence-corrected chi connectivity index (χ4v) is 2.83. The molecule has 0 aliphatic rings. The number of methoxy groups -OCH3 is 1. The topological polar surface area (TPSA) is 59.1 Å². The van der Waals surface area contributed by atoms with E-state index in [0.29, 0.717) is 5.95 Å². The second-order valence-electron chi connectivity index (χ2n) is 6.69. The van der Waals surface area contributed by atoms with Gasteiger partial charge in [0.1, 0.15) is 11.6 Å². The summed E-state index contributed by atoms with van der Waals surface area (Å²) in [4.78, 5) is 9.10. The van der Waals surface area contributed by atoms with Crippen LogP contribution in [0, 0.1) is 20.8 Å². The molecule has 3 aromatic rings. The third-order valence-electron chi connectivity index (χ3n) is 4.37. The SMILES string of the molecule is COc1ccc(CCNc2nc(C)cc(Nc3cc(C)ccc3C)n2)cc1. The molecule has 0 saturated heterocycles. The van der Waals surface area contributed by atoms with Gasteiger partial charge in [0.15, 0.2) is 0 Å². The number of anilines is 3. The molecule has 0 aliphatic carbocycles. The second kappa shape index (κ2) is 8.54. The van der Waals surface area contributed by atoms with Crippen LogP contribution >= 0.6 is 0 Å². The van der Waals surface area contributed by atoms with Gasteiger partial charge in [-0.2, -0.15) is 4.98 Å². The van der Waals surface area contributed by atoms with E-state index < -0.39 is 0 Å². The summed E-state index contributed by atoms with van der Waals surface area (Å²) in [5.41, 5.74) is 5.63. The molecule has 0 bridgehead atoms. The van der Waals surface area contributed by atoms with E-state index in [1.165, 1.54) is 16.7 Å². The molecule has 2 aromatic carbocycles. The Morgan fingerprint density at radius 3 is 2.44 bits per heavy atom. The summed E-state index contributed by atoms with van der Waals surface area (Å²) in [5, 5.41) is 6.73. The van der Waals surface area contributed by atoms with E-state index in [1.54, 1.807) is 7.11 Å². The number of benzene rings is 2. The highest BCUT2D eigenvalue weighted by atomic mass is 16.5. The highest BCUT2D eigenvalue weighted by molar-refractivity contribution is 5.62. The van der Waals surface area contributed by atoms with Gasteiger partial charge in [0.25, 0.3) is 0 Å². The Kier molecular flexibility index (Phi) is 5.91. The van der Waals surface area contributed by atoms with Crippen LogP contribution in [0.15, 0.2) is 48.5 Å². The number of aromatic nitrogens is 2. The first-order chi connectivity index (χ1) is 13.0. The smallest absolute Gasteiger partial charge is 0.224 e. The van der Waals surface area contributed by atoms with Crippen LogP contribution in [-0.2, 0) is 6.42 Å². The van der Waals surface area contributed by atoms with Crippen LogP contribution in [-0.4, -0.2) is 23.6 Å². The lowest BCUT2D eigenvalue weighted by Gasteiger charge is -2.12. The lowest BCUT2D eigenvalue weighted by atomic mass is 10.1. The first kappa shape index (κ1) is 18.7. The molecule has 0 aliphatic heterocycles. The van der Waals surface area contributed by atoms with Crippen LogP contribution in [0.2, 0.25) is 0 Å². The zero-order chi connectivity index (χ0) is 19.2. The molecule has 5 nitrogen and oxygen atoms in total. The van der Waals surface area contributed by atoms with Crippen molar-refractivity contribution in [3.63, 3.8) is 0 Å². The minimum Gasteiger partial charge on any atom is -0.497 e. The van der Waals surface area contributed by atoms with E-state index in [-0.39, 0.29) is 0 Å². The van der Waals surface area contributed by atoms with Gasteiger partial charge < -0.3 is 15.4 Å². The van der Waals surface area contributed by atoms with Gasteiger partial charge in [0.2, 0.25) is 5.95 Å². The standard InChI is InChI=1S/C22H26N4O/c1-15-5-6-16(2)20(13-15)25-21-14-17(3)24-22(26-21)23-12-11-18-7-9-19(27-4)10-8-18/h5-10,13-14H,11-12H2,1-4H3,(H2,23,24,25,26). The van der Waals surface area contributed by atoms with E-state index in [1.807, 2.05) is 25.1 Å². The van der Waals surface area contributed by atoms with Crippen molar-refractivity contribution < 1.29 is 4.74 Å². The predicted octanol–water partition coefficient (Wildman–Crippen LogP) is 4.81. The average molecular weight is 362 g/mol. The quantitative estimate of drug-likeness (QED) is 0.632. The lowest BCUT2D eigenvalue weighted by molar-refractivity contribution is 0.414. The second-order valence-corrected chi connectivity index (χ2v) is 6.69. The van der Waals surface area contributed by atoms with Gasteiger partial charge in [-0.15, -0.1) is 0 Å². The van der Waals surface area contributed by atoms with Crippen molar-refractivity contribution in [1.82, 2.24) is 9.97 Å². The highest BCUT2D eigenvalue weighted by Crippen LogP contribution is 2.21. The molecule has 0 amide bonds. The van der Waals surface area contributed by atoms with Gasteiger partial charge in [-0.3, -0.25) is 0 Å². The molecule has 3 rings (SSSR count). The predicted molar refractivity (Wildman–Crippen MR) is 111 cm³/mol. The zero-order valence-electron chi connectivity index (χ0n) is 16.3. The molecule has 1 heterocycles. The zero-order valence-corrected chi connectivity index (χ0v) is 16.3. The normalized spacial score (nSPS) is 10.5. The van der Waals surface area contributed by atoms with Crippen molar-refractivity contribution in [1.29, 1.82) is 0 Å². The van der Waals surface area contributed by atoms with E-state index in [2.05, 4.69) is 64.8 Å². The van der Waals surface area contributed by atoms with Crippen LogP contribution in [0.4, 0.5) is 17.5 Å². The van der Waals surface area contributed by atoms with Crippen molar-refractivity contribution >= 4 is 17.5 Å². The van der Waals surface area contributed by atoms with Crippen molar-refractivity contribution in [2.24, 2.45) is 0 Å². The fourth-order valence-electron chi connectivity index (χ4n) is 2.83. The van der Waals surface area contributed by atoms with Crippen LogP contribution in [0.25, 0.3) is 0 Å². The fraction of sp³-hybridized carbons (Fsp3) is 0.273. The van der Waals surface area contributed by atoms with Crippen LogP contribution in [0.5, 0.6) is 5.75 Å². The van der Waals surface area contributed by atoms with Gasteiger partial charge in [-0.1, -0.05) is 24.3 Å². The number of rotatable bonds is 7. The van der Waals surface area contributed by atoms with Crippen molar-refractivity contribution in [3.8, 4) is 5.75 Å². The monoisotopic (exact) mass is 362 g/mol. The molecule has 5 heteroatoms. The Hall–Kier alpha value is -3.08. The maximum Gasteiger partial charge on any atom is 0.224 e. The summed E-state index contributed by atoms with van der Waals surface area (Å²) < 4.78 is 5.19. The van der Waals surface area contributed by atoms with E-state index in [0.717, 1.165) is 35.9 Å². The Bertz CT molecular complexity index is 907. The number of ether oxygens (including phenoxy) is 1. The van der Waals surface area contributed by atoms with Gasteiger partial charge in [0.05, 0.1) is 7.11 Å². The first-order valence-electron chi connectivity index (χ1n) is 9.10. The summed E-state index contributed by atoms with van der Waals surface area (Å²) in [6, 6.07) is 16.4. The first-order valence-corrected chi connectivity index (χ1v) is 9.10. The van der Waals surface area contributed by atoms with Crippen LogP contribution in [0.3, 0.4) is 0 Å². The van der Waals surface area contributed by atoms with Gasteiger partial charge in [0, 0.05) is 24.0 Å². The molecule has 0 atom stereocenters. The molecule has 0 radical (unpaired) electrons. The van der Waals surface area contributed by atoms with Crippen LogP contribution < -0.4 is 15.4 Å². The minimum absolute atomic E-state index is 0.635. The highest BCUT2D eigenvalue weighted by Gasteiger charge is 2.05. The molecular weight excluding hydrogens is 336 g/mol. The lowest BCUT2D eigenvalue weighted by Crippen LogP contribution is -2.10. The maximum atomic E-state index is 5.19. The van der Waals surface area contributed by atoms with Crippen molar-refractivity contribution in [3.05, 3.63) is 70.9 Å². The number of nitrogens with zero attached hydrogens (tertiary/aromatic N) is 2.